The summed E-state index contributed by atoms with van der Waals surface area (Å²) < 4.78 is 6.08. The summed E-state index contributed by atoms with van der Waals surface area (Å²) in [6, 6.07) is 5.55. The van der Waals surface area contributed by atoms with Gasteiger partial charge in [-0.1, -0.05) is 15.9 Å². The van der Waals surface area contributed by atoms with Gasteiger partial charge >= 0.3 is 5.97 Å². The number of carboxylic acids is 1. The molecule has 4 nitrogen and oxygen atoms in total. The zero-order chi connectivity index (χ0) is 13.1. The number of carbonyl (C=O) groups is 1. The van der Waals surface area contributed by atoms with Crippen molar-refractivity contribution in [2.75, 3.05) is 12.4 Å². The van der Waals surface area contributed by atoms with Gasteiger partial charge in [0.15, 0.2) is 0 Å². The lowest BCUT2D eigenvalue weighted by molar-refractivity contribution is 0.0698. The smallest absolute Gasteiger partial charge is 0.337 e. The van der Waals surface area contributed by atoms with Crippen LogP contribution in [0.5, 0.6) is 0 Å². The third kappa shape index (κ3) is 3.03. The second-order valence-electron chi connectivity index (χ2n) is 4.51. The first-order chi connectivity index (χ1) is 8.60. The first-order valence-electron chi connectivity index (χ1n) is 5.92. The van der Waals surface area contributed by atoms with Crippen molar-refractivity contribution >= 4 is 27.6 Å². The lowest BCUT2D eigenvalue weighted by Crippen LogP contribution is -2.19. The Bertz CT molecular complexity index is 450. The molecule has 1 aromatic rings. The quantitative estimate of drug-likeness (QED) is 0.896. The van der Waals surface area contributed by atoms with E-state index in [0.717, 1.165) is 23.7 Å². The summed E-state index contributed by atoms with van der Waals surface area (Å²) in [6.45, 7) is 0. The van der Waals surface area contributed by atoms with E-state index in [9.17, 15) is 9.90 Å². The number of hydrogen-bond donors (Lipinski definition) is 2. The fourth-order valence-electron chi connectivity index (χ4n) is 2.32. The molecule has 2 unspecified atom stereocenters. The van der Waals surface area contributed by atoms with Crippen molar-refractivity contribution in [2.45, 2.75) is 31.4 Å². The Hall–Kier alpha value is -1.07. The van der Waals surface area contributed by atoms with Crippen LogP contribution in [0.2, 0.25) is 0 Å². The zero-order valence-electron chi connectivity index (χ0n) is 10.1. The second kappa shape index (κ2) is 5.71. The number of anilines is 1. The van der Waals surface area contributed by atoms with E-state index in [1.165, 1.54) is 0 Å². The molecular weight excluding hydrogens is 298 g/mol. The molecule has 1 saturated carbocycles. The van der Waals surface area contributed by atoms with Crippen LogP contribution in [0.3, 0.4) is 0 Å². The summed E-state index contributed by atoms with van der Waals surface area (Å²) in [5.74, 6) is -0.917. The molecule has 0 heterocycles. The molecule has 1 aromatic carbocycles. The van der Waals surface area contributed by atoms with E-state index < -0.39 is 5.97 Å². The first kappa shape index (κ1) is 13.4. The number of rotatable bonds is 4. The second-order valence-corrected chi connectivity index (χ2v) is 5.42. The van der Waals surface area contributed by atoms with Crippen molar-refractivity contribution in [3.63, 3.8) is 0 Å². The van der Waals surface area contributed by atoms with Gasteiger partial charge in [0.2, 0.25) is 0 Å². The lowest BCUT2D eigenvalue weighted by Gasteiger charge is -2.16. The number of hydrogen-bond acceptors (Lipinski definition) is 3. The molecule has 2 atom stereocenters. The Morgan fingerprint density at radius 2 is 2.28 bits per heavy atom. The van der Waals surface area contributed by atoms with Gasteiger partial charge in [0.1, 0.15) is 0 Å². The van der Waals surface area contributed by atoms with Gasteiger partial charge in [0, 0.05) is 23.3 Å². The van der Waals surface area contributed by atoms with E-state index in [1.54, 1.807) is 19.2 Å². The number of nitrogens with one attached hydrogen (secondary N) is 1. The van der Waals surface area contributed by atoms with Gasteiger partial charge in [0.05, 0.1) is 11.7 Å². The van der Waals surface area contributed by atoms with Crippen molar-refractivity contribution < 1.29 is 14.6 Å². The molecule has 0 amide bonds. The van der Waals surface area contributed by atoms with Crippen LogP contribution in [-0.2, 0) is 4.74 Å². The number of ether oxygens (including phenoxy) is 1. The predicted octanol–water partition coefficient (Wildman–Crippen LogP) is 3.13. The maximum absolute atomic E-state index is 11.2. The van der Waals surface area contributed by atoms with Crippen LogP contribution >= 0.6 is 15.9 Å². The maximum Gasteiger partial charge on any atom is 0.337 e. The molecule has 1 aliphatic rings. The summed E-state index contributed by atoms with van der Waals surface area (Å²) in [6.07, 6.45) is 3.23. The Balaban J connectivity index is 2.12. The third-order valence-electron chi connectivity index (χ3n) is 3.29. The van der Waals surface area contributed by atoms with E-state index in [-0.39, 0.29) is 12.1 Å². The first-order valence-corrected chi connectivity index (χ1v) is 6.71. The minimum absolute atomic E-state index is 0.284. The minimum atomic E-state index is -0.917. The van der Waals surface area contributed by atoms with Crippen molar-refractivity contribution in [1.82, 2.24) is 0 Å². The van der Waals surface area contributed by atoms with Gasteiger partial charge < -0.3 is 15.2 Å². The highest BCUT2D eigenvalue weighted by Gasteiger charge is 2.25. The molecule has 18 heavy (non-hydrogen) atoms. The van der Waals surface area contributed by atoms with Crippen molar-refractivity contribution in [2.24, 2.45) is 0 Å². The third-order valence-corrected chi connectivity index (χ3v) is 3.78. The Labute approximate surface area is 114 Å². The monoisotopic (exact) mass is 313 g/mol. The number of halogens is 1. The molecular formula is C13H16BrNO3. The van der Waals surface area contributed by atoms with E-state index in [2.05, 4.69) is 21.2 Å². The summed E-state index contributed by atoms with van der Waals surface area (Å²) in [5, 5.41) is 12.5. The molecule has 1 aliphatic carbocycles. The number of benzene rings is 1. The Morgan fingerprint density at radius 3 is 2.89 bits per heavy atom. The number of carboxylic acid groups (broad SMARTS) is 1. The maximum atomic E-state index is 11.2. The highest BCUT2D eigenvalue weighted by Crippen LogP contribution is 2.27. The van der Waals surface area contributed by atoms with Gasteiger partial charge in [-0.2, -0.15) is 0 Å². The molecule has 0 radical (unpaired) electrons. The van der Waals surface area contributed by atoms with Crippen LogP contribution in [0.25, 0.3) is 0 Å². The molecule has 2 rings (SSSR count). The normalized spacial score (nSPS) is 23.0. The number of aromatic carboxylic acids is 1. The van der Waals surface area contributed by atoms with Crippen LogP contribution in [0.1, 0.15) is 29.6 Å². The fourth-order valence-corrected chi connectivity index (χ4v) is 2.69. The van der Waals surface area contributed by atoms with Gasteiger partial charge in [-0.15, -0.1) is 0 Å². The van der Waals surface area contributed by atoms with Crippen LogP contribution in [0.4, 0.5) is 5.69 Å². The molecule has 0 aliphatic heterocycles. The van der Waals surface area contributed by atoms with Crippen molar-refractivity contribution in [3.05, 3.63) is 28.2 Å². The molecule has 0 spiro atoms. The molecule has 0 aromatic heterocycles. The van der Waals surface area contributed by atoms with Crippen LogP contribution in [0, 0.1) is 0 Å². The summed E-state index contributed by atoms with van der Waals surface area (Å²) in [4.78, 5) is 11.2. The Morgan fingerprint density at radius 1 is 1.50 bits per heavy atom. The molecule has 2 N–H and O–H groups in total. The van der Waals surface area contributed by atoms with E-state index in [0.29, 0.717) is 11.3 Å². The highest BCUT2D eigenvalue weighted by molar-refractivity contribution is 9.10. The van der Waals surface area contributed by atoms with Gasteiger partial charge in [0.25, 0.3) is 0 Å². The topological polar surface area (TPSA) is 58.6 Å². The van der Waals surface area contributed by atoms with Crippen molar-refractivity contribution in [1.29, 1.82) is 0 Å². The van der Waals surface area contributed by atoms with Gasteiger partial charge in [-0.05, 0) is 37.5 Å². The highest BCUT2D eigenvalue weighted by atomic mass is 79.9. The molecule has 0 bridgehead atoms. The summed E-state index contributed by atoms with van der Waals surface area (Å²) in [7, 11) is 1.72. The average molecular weight is 314 g/mol. The van der Waals surface area contributed by atoms with E-state index in [1.807, 2.05) is 6.07 Å². The Kier molecular flexibility index (Phi) is 4.24. The van der Waals surface area contributed by atoms with E-state index >= 15 is 0 Å². The van der Waals surface area contributed by atoms with Crippen LogP contribution in [-0.4, -0.2) is 30.3 Å². The molecule has 98 valence electrons. The fraction of sp³-hybridized carbons (Fsp3) is 0.462. The average Bonchev–Trinajstić information content (AvgIpc) is 2.79. The largest absolute Gasteiger partial charge is 0.478 e. The van der Waals surface area contributed by atoms with E-state index in [4.69, 9.17) is 4.74 Å². The number of methoxy groups -OCH3 is 1. The van der Waals surface area contributed by atoms with Gasteiger partial charge in [-0.25, -0.2) is 4.79 Å². The zero-order valence-corrected chi connectivity index (χ0v) is 11.7. The molecule has 0 saturated heterocycles. The molecule has 1 fully saturated rings. The lowest BCUT2D eigenvalue weighted by atomic mass is 10.1. The standard InChI is InChI=1S/C13H16BrNO3/c1-18-10-4-3-9(7-10)15-12-5-2-8(14)6-11(12)13(16)17/h2,5-6,9-10,15H,3-4,7H2,1H3,(H,16,17). The van der Waals surface area contributed by atoms with Gasteiger partial charge in [-0.3, -0.25) is 0 Å². The minimum Gasteiger partial charge on any atom is -0.478 e. The summed E-state index contributed by atoms with van der Waals surface area (Å²) in [5.41, 5.74) is 0.970. The predicted molar refractivity (Wildman–Crippen MR) is 73.2 cm³/mol. The van der Waals surface area contributed by atoms with Crippen LogP contribution in [0.15, 0.2) is 22.7 Å². The SMILES string of the molecule is COC1CCC(Nc2ccc(Br)cc2C(=O)O)C1. The van der Waals surface area contributed by atoms with Crippen molar-refractivity contribution in [3.8, 4) is 0 Å². The summed E-state index contributed by atoms with van der Waals surface area (Å²) >= 11 is 3.29. The molecule has 5 heteroatoms. The van der Waals surface area contributed by atoms with Crippen LogP contribution < -0.4 is 5.32 Å².